The molecule has 2 rings (SSSR count). The van der Waals surface area contributed by atoms with Crippen molar-refractivity contribution in [3.05, 3.63) is 35.9 Å². The van der Waals surface area contributed by atoms with Gasteiger partial charge in [0, 0.05) is 30.7 Å². The highest BCUT2D eigenvalue weighted by molar-refractivity contribution is 5.16. The van der Waals surface area contributed by atoms with Crippen LogP contribution in [0.3, 0.4) is 0 Å². The molecule has 0 aliphatic carbocycles. The Morgan fingerprint density at radius 3 is 2.38 bits per heavy atom. The molecule has 1 aromatic rings. The third-order valence-corrected chi connectivity index (χ3v) is 5.51. The second kappa shape index (κ2) is 7.42. The first-order valence-corrected chi connectivity index (χ1v) is 8.67. The molecule has 1 N–H and O–H groups in total. The van der Waals surface area contributed by atoms with Crippen LogP contribution in [0, 0.1) is 0 Å². The summed E-state index contributed by atoms with van der Waals surface area (Å²) in [6.07, 6.45) is 4.84. The number of hydrogen-bond donors (Lipinski definition) is 1. The molecular weight excluding hydrogens is 256 g/mol. The molecule has 0 saturated carbocycles. The smallest absolute Gasteiger partial charge is 0.0236 e. The lowest BCUT2D eigenvalue weighted by molar-refractivity contribution is 0.0127. The topological polar surface area (TPSA) is 15.3 Å². The van der Waals surface area contributed by atoms with Gasteiger partial charge in [-0.15, -0.1) is 0 Å². The van der Waals surface area contributed by atoms with Crippen molar-refractivity contribution in [2.24, 2.45) is 0 Å². The molecule has 2 unspecified atom stereocenters. The lowest BCUT2D eigenvalue weighted by Gasteiger charge is -2.50. The van der Waals surface area contributed by atoms with Gasteiger partial charge in [0.05, 0.1) is 0 Å². The average molecular weight is 288 g/mol. The summed E-state index contributed by atoms with van der Waals surface area (Å²) in [6, 6.07) is 12.1. The van der Waals surface area contributed by atoms with E-state index in [0.29, 0.717) is 17.6 Å². The molecule has 1 heterocycles. The van der Waals surface area contributed by atoms with Gasteiger partial charge in [-0.25, -0.2) is 0 Å². The molecule has 2 nitrogen and oxygen atoms in total. The van der Waals surface area contributed by atoms with Crippen LogP contribution in [0.15, 0.2) is 30.3 Å². The Balaban J connectivity index is 2.08. The van der Waals surface area contributed by atoms with E-state index < -0.39 is 0 Å². The van der Waals surface area contributed by atoms with E-state index in [0.717, 1.165) is 13.0 Å². The van der Waals surface area contributed by atoms with Crippen molar-refractivity contribution < 1.29 is 0 Å². The normalized spacial score (nSPS) is 24.2. The first kappa shape index (κ1) is 16.5. The zero-order valence-corrected chi connectivity index (χ0v) is 14.2. The van der Waals surface area contributed by atoms with Crippen molar-refractivity contribution >= 4 is 0 Å². The Bertz CT molecular complexity index is 411. The van der Waals surface area contributed by atoms with Crippen LogP contribution in [0.5, 0.6) is 0 Å². The maximum absolute atomic E-state index is 3.78. The van der Waals surface area contributed by atoms with Gasteiger partial charge in [0.15, 0.2) is 0 Å². The van der Waals surface area contributed by atoms with Crippen molar-refractivity contribution in [2.45, 2.75) is 71.0 Å². The van der Waals surface area contributed by atoms with Gasteiger partial charge >= 0.3 is 0 Å². The van der Waals surface area contributed by atoms with E-state index >= 15 is 0 Å². The SMILES string of the molecule is CCC1CNC(Cc2ccccc2)CN1C(C)(CC)CC. The van der Waals surface area contributed by atoms with Gasteiger partial charge in [-0.2, -0.15) is 0 Å². The number of nitrogens with zero attached hydrogens (tertiary/aromatic N) is 1. The molecule has 0 bridgehead atoms. The fraction of sp³-hybridized carbons (Fsp3) is 0.684. The molecule has 118 valence electrons. The number of rotatable bonds is 6. The van der Waals surface area contributed by atoms with E-state index in [2.05, 4.69) is 68.2 Å². The highest BCUT2D eigenvalue weighted by Gasteiger charge is 2.37. The monoisotopic (exact) mass is 288 g/mol. The van der Waals surface area contributed by atoms with E-state index in [9.17, 15) is 0 Å². The third-order valence-electron chi connectivity index (χ3n) is 5.51. The van der Waals surface area contributed by atoms with Crippen molar-refractivity contribution in [1.29, 1.82) is 0 Å². The standard InChI is InChI=1S/C19H32N2/c1-5-18-14-20-17(13-16-11-9-8-10-12-16)15-21(18)19(4,6-2)7-3/h8-12,17-18,20H,5-7,13-15H2,1-4H3. The van der Waals surface area contributed by atoms with Crippen LogP contribution in [-0.4, -0.2) is 35.6 Å². The van der Waals surface area contributed by atoms with Crippen molar-refractivity contribution in [3.8, 4) is 0 Å². The summed E-state index contributed by atoms with van der Waals surface area (Å²) < 4.78 is 0. The van der Waals surface area contributed by atoms with Gasteiger partial charge in [-0.1, -0.05) is 51.1 Å². The summed E-state index contributed by atoms with van der Waals surface area (Å²) in [5.41, 5.74) is 1.79. The van der Waals surface area contributed by atoms with Gasteiger partial charge in [-0.05, 0) is 38.2 Å². The second-order valence-electron chi connectivity index (χ2n) is 6.71. The van der Waals surface area contributed by atoms with E-state index in [4.69, 9.17) is 0 Å². The number of piperazine rings is 1. The highest BCUT2D eigenvalue weighted by atomic mass is 15.3. The third kappa shape index (κ3) is 3.87. The Morgan fingerprint density at radius 1 is 1.14 bits per heavy atom. The second-order valence-corrected chi connectivity index (χ2v) is 6.71. The number of hydrogen-bond acceptors (Lipinski definition) is 2. The van der Waals surface area contributed by atoms with E-state index in [1.807, 2.05) is 0 Å². The quantitative estimate of drug-likeness (QED) is 0.855. The molecule has 0 radical (unpaired) electrons. The molecule has 1 saturated heterocycles. The zero-order valence-electron chi connectivity index (χ0n) is 14.2. The fourth-order valence-electron chi connectivity index (χ4n) is 3.58. The van der Waals surface area contributed by atoms with Crippen LogP contribution in [0.1, 0.15) is 52.5 Å². The summed E-state index contributed by atoms with van der Waals surface area (Å²) in [4.78, 5) is 2.79. The average Bonchev–Trinajstić information content (AvgIpc) is 2.55. The largest absolute Gasteiger partial charge is 0.311 e. The van der Waals surface area contributed by atoms with E-state index in [1.165, 1.54) is 31.4 Å². The maximum atomic E-state index is 3.78. The van der Waals surface area contributed by atoms with Crippen LogP contribution in [0.25, 0.3) is 0 Å². The van der Waals surface area contributed by atoms with Crippen molar-refractivity contribution in [3.63, 3.8) is 0 Å². The Kier molecular flexibility index (Phi) is 5.83. The van der Waals surface area contributed by atoms with Crippen LogP contribution in [-0.2, 0) is 6.42 Å². The fourth-order valence-corrected chi connectivity index (χ4v) is 3.58. The van der Waals surface area contributed by atoms with E-state index in [-0.39, 0.29) is 0 Å². The van der Waals surface area contributed by atoms with Crippen LogP contribution >= 0.6 is 0 Å². The summed E-state index contributed by atoms with van der Waals surface area (Å²) in [6.45, 7) is 11.7. The lowest BCUT2D eigenvalue weighted by Crippen LogP contribution is -2.63. The molecule has 0 spiro atoms. The first-order chi connectivity index (χ1) is 10.1. The molecule has 21 heavy (non-hydrogen) atoms. The van der Waals surface area contributed by atoms with Crippen molar-refractivity contribution in [2.75, 3.05) is 13.1 Å². The lowest BCUT2D eigenvalue weighted by atomic mass is 9.88. The predicted octanol–water partition coefficient (Wildman–Crippen LogP) is 3.86. The van der Waals surface area contributed by atoms with E-state index in [1.54, 1.807) is 0 Å². The first-order valence-electron chi connectivity index (χ1n) is 8.67. The maximum Gasteiger partial charge on any atom is 0.0236 e. The molecule has 1 aliphatic heterocycles. The predicted molar refractivity (Wildman–Crippen MR) is 91.7 cm³/mol. The molecular formula is C19H32N2. The summed E-state index contributed by atoms with van der Waals surface area (Å²) >= 11 is 0. The van der Waals surface area contributed by atoms with Gasteiger partial charge < -0.3 is 5.32 Å². The Labute approximate surface area is 130 Å². The molecule has 0 amide bonds. The Morgan fingerprint density at radius 2 is 1.81 bits per heavy atom. The van der Waals surface area contributed by atoms with Gasteiger partial charge in [0.2, 0.25) is 0 Å². The van der Waals surface area contributed by atoms with Gasteiger partial charge in [0.1, 0.15) is 0 Å². The van der Waals surface area contributed by atoms with Crippen LogP contribution in [0.2, 0.25) is 0 Å². The molecule has 2 atom stereocenters. The molecule has 2 heteroatoms. The molecule has 1 aliphatic rings. The number of nitrogens with one attached hydrogen (secondary N) is 1. The minimum Gasteiger partial charge on any atom is -0.311 e. The molecule has 1 fully saturated rings. The van der Waals surface area contributed by atoms with Crippen LogP contribution < -0.4 is 5.32 Å². The molecule has 1 aromatic carbocycles. The van der Waals surface area contributed by atoms with Crippen molar-refractivity contribution in [1.82, 2.24) is 10.2 Å². The summed E-state index contributed by atoms with van der Waals surface area (Å²) in [5.74, 6) is 0. The highest BCUT2D eigenvalue weighted by Crippen LogP contribution is 2.29. The summed E-state index contributed by atoms with van der Waals surface area (Å²) in [7, 11) is 0. The van der Waals surface area contributed by atoms with Crippen LogP contribution in [0.4, 0.5) is 0 Å². The van der Waals surface area contributed by atoms with Gasteiger partial charge in [-0.3, -0.25) is 4.90 Å². The minimum atomic E-state index is 0.345. The minimum absolute atomic E-state index is 0.345. The molecule has 0 aromatic heterocycles. The zero-order chi connectivity index (χ0) is 15.3. The number of benzene rings is 1. The Hall–Kier alpha value is -0.860. The van der Waals surface area contributed by atoms with Gasteiger partial charge in [0.25, 0.3) is 0 Å². The summed E-state index contributed by atoms with van der Waals surface area (Å²) in [5, 5.41) is 3.78.